The lowest BCUT2D eigenvalue weighted by Crippen LogP contribution is -2.57. The molecule has 0 saturated carbocycles. The number of carboxylic acid groups (broad SMARTS) is 1. The maximum absolute atomic E-state index is 13.5. The molecule has 1 heterocycles. The normalized spacial score (nSPS) is 26.9. The highest BCUT2D eigenvalue weighted by Gasteiger charge is 2.51. The molecule has 1 unspecified atom stereocenters. The molecule has 5 nitrogen and oxygen atoms in total. The Morgan fingerprint density at radius 2 is 1.96 bits per heavy atom. The number of aldehydes is 1. The number of carbonyl (C=O) groups is 3. The molecule has 1 saturated heterocycles. The quantitative estimate of drug-likeness (QED) is 0.699. The van der Waals surface area contributed by atoms with Crippen LogP contribution in [0.2, 0.25) is 5.02 Å². The van der Waals surface area contributed by atoms with Gasteiger partial charge in [0.05, 0.1) is 17.9 Å². The number of likely N-dealkylation sites (tertiary alicyclic amines) is 1. The van der Waals surface area contributed by atoms with Crippen molar-refractivity contribution in [3.8, 4) is 0 Å². The van der Waals surface area contributed by atoms with Crippen LogP contribution in [0.15, 0.2) is 24.3 Å². The van der Waals surface area contributed by atoms with Crippen molar-refractivity contribution in [2.45, 2.75) is 59.0 Å². The first kappa shape index (κ1) is 21.4. The van der Waals surface area contributed by atoms with Crippen molar-refractivity contribution in [3.05, 3.63) is 34.9 Å². The Bertz CT molecular complexity index is 703. The summed E-state index contributed by atoms with van der Waals surface area (Å²) >= 11 is 6.03. The van der Waals surface area contributed by atoms with Crippen molar-refractivity contribution in [3.63, 3.8) is 0 Å². The van der Waals surface area contributed by atoms with Crippen LogP contribution in [0.4, 0.5) is 0 Å². The van der Waals surface area contributed by atoms with Crippen molar-refractivity contribution < 1.29 is 19.5 Å². The fraction of sp³-hybridized carbons (Fsp3) is 0.571. The van der Waals surface area contributed by atoms with Crippen LogP contribution in [0.1, 0.15) is 58.6 Å². The molecule has 0 aromatic heterocycles. The van der Waals surface area contributed by atoms with E-state index in [-0.39, 0.29) is 42.7 Å². The fourth-order valence-electron chi connectivity index (χ4n) is 4.41. The van der Waals surface area contributed by atoms with Gasteiger partial charge in [-0.25, -0.2) is 0 Å². The van der Waals surface area contributed by atoms with E-state index in [1.165, 1.54) is 0 Å². The number of hydrogen-bond acceptors (Lipinski definition) is 3. The number of carbonyl (C=O) groups excluding carboxylic acids is 2. The molecule has 0 aliphatic carbocycles. The highest BCUT2D eigenvalue weighted by Crippen LogP contribution is 2.48. The molecular formula is C21H28ClNO4. The Kier molecular flexibility index (Phi) is 6.68. The maximum atomic E-state index is 13.5. The zero-order valence-corrected chi connectivity index (χ0v) is 17.1. The van der Waals surface area contributed by atoms with Crippen LogP contribution >= 0.6 is 11.6 Å². The van der Waals surface area contributed by atoms with E-state index in [0.717, 1.165) is 11.8 Å². The molecule has 1 aliphatic heterocycles. The molecule has 0 bridgehead atoms. The van der Waals surface area contributed by atoms with E-state index in [4.69, 9.17) is 11.6 Å². The van der Waals surface area contributed by atoms with Crippen LogP contribution < -0.4 is 0 Å². The molecule has 148 valence electrons. The van der Waals surface area contributed by atoms with E-state index in [9.17, 15) is 19.5 Å². The van der Waals surface area contributed by atoms with Gasteiger partial charge in [-0.2, -0.15) is 0 Å². The second-order valence-corrected chi connectivity index (χ2v) is 8.67. The third-order valence-electron chi connectivity index (χ3n) is 5.58. The lowest BCUT2D eigenvalue weighted by Gasteiger charge is -2.51. The van der Waals surface area contributed by atoms with Crippen molar-refractivity contribution in [2.75, 3.05) is 0 Å². The van der Waals surface area contributed by atoms with Crippen molar-refractivity contribution in [1.29, 1.82) is 0 Å². The SMILES string of the molecule is CC(C)C(CC=O)N1C(=O)[C@@](C)(CC(=O)O)C[C@H](C)[C@H]1c1ccc(Cl)cc1. The van der Waals surface area contributed by atoms with E-state index in [0.29, 0.717) is 11.4 Å². The molecule has 1 fully saturated rings. The molecule has 2 rings (SSSR count). The van der Waals surface area contributed by atoms with Gasteiger partial charge in [-0.05, 0) is 36.0 Å². The Balaban J connectivity index is 2.56. The average molecular weight is 394 g/mol. The van der Waals surface area contributed by atoms with Gasteiger partial charge in [0, 0.05) is 17.5 Å². The van der Waals surface area contributed by atoms with Crippen LogP contribution in [0, 0.1) is 17.3 Å². The summed E-state index contributed by atoms with van der Waals surface area (Å²) in [5.74, 6) is -1.07. The minimum absolute atomic E-state index is 0.0427. The number of hydrogen-bond donors (Lipinski definition) is 1. The summed E-state index contributed by atoms with van der Waals surface area (Å²) in [6.07, 6.45) is 1.33. The smallest absolute Gasteiger partial charge is 0.304 e. The van der Waals surface area contributed by atoms with E-state index < -0.39 is 11.4 Å². The Morgan fingerprint density at radius 1 is 1.37 bits per heavy atom. The van der Waals surface area contributed by atoms with Crippen LogP contribution in [0.3, 0.4) is 0 Å². The molecule has 1 amide bonds. The fourth-order valence-corrected chi connectivity index (χ4v) is 4.54. The van der Waals surface area contributed by atoms with Gasteiger partial charge in [0.15, 0.2) is 0 Å². The molecule has 1 aliphatic rings. The number of carboxylic acids is 1. The number of halogens is 1. The summed E-state index contributed by atoms with van der Waals surface area (Å²) in [5, 5.41) is 9.96. The Hall–Kier alpha value is -1.88. The van der Waals surface area contributed by atoms with Crippen LogP contribution in [0.5, 0.6) is 0 Å². The number of rotatable bonds is 7. The zero-order valence-electron chi connectivity index (χ0n) is 16.3. The molecule has 0 radical (unpaired) electrons. The average Bonchev–Trinajstić information content (AvgIpc) is 2.56. The van der Waals surface area contributed by atoms with Gasteiger partial charge < -0.3 is 14.8 Å². The highest BCUT2D eigenvalue weighted by atomic mass is 35.5. The predicted molar refractivity (Wildman–Crippen MR) is 104 cm³/mol. The summed E-state index contributed by atoms with van der Waals surface area (Å²) in [4.78, 5) is 38.0. The van der Waals surface area contributed by atoms with Crippen LogP contribution in [-0.2, 0) is 14.4 Å². The van der Waals surface area contributed by atoms with E-state index in [1.807, 2.05) is 32.9 Å². The van der Waals surface area contributed by atoms with E-state index >= 15 is 0 Å². The van der Waals surface area contributed by atoms with E-state index in [1.54, 1.807) is 24.0 Å². The molecule has 4 atom stereocenters. The summed E-state index contributed by atoms with van der Waals surface area (Å²) in [6.45, 7) is 7.72. The summed E-state index contributed by atoms with van der Waals surface area (Å²) < 4.78 is 0. The second kappa shape index (κ2) is 8.42. The molecule has 1 N–H and O–H groups in total. The molecule has 1 aromatic carbocycles. The van der Waals surface area contributed by atoms with Gasteiger partial charge >= 0.3 is 5.97 Å². The minimum Gasteiger partial charge on any atom is -0.481 e. The Morgan fingerprint density at radius 3 is 2.44 bits per heavy atom. The van der Waals surface area contributed by atoms with Crippen LogP contribution in [-0.4, -0.2) is 34.2 Å². The molecule has 0 spiro atoms. The first-order chi connectivity index (χ1) is 12.6. The van der Waals surface area contributed by atoms with Gasteiger partial charge in [-0.15, -0.1) is 0 Å². The maximum Gasteiger partial charge on any atom is 0.304 e. The molecule has 27 heavy (non-hydrogen) atoms. The van der Waals surface area contributed by atoms with Gasteiger partial charge in [0.25, 0.3) is 0 Å². The van der Waals surface area contributed by atoms with Gasteiger partial charge in [0.2, 0.25) is 5.91 Å². The standard InChI is InChI=1S/C21H28ClNO4/c1-13(2)17(9-10-24)23-19(15-5-7-16(22)8-6-15)14(3)11-21(4,20(23)27)12-18(25)26/h5-8,10,13-14,17,19H,9,11-12H2,1-4H3,(H,25,26)/t14-,17?,19-,21+/m0/s1. The summed E-state index contributed by atoms with van der Waals surface area (Å²) in [6, 6.07) is 6.89. The second-order valence-electron chi connectivity index (χ2n) is 8.24. The first-order valence-electron chi connectivity index (χ1n) is 9.34. The molecule has 6 heteroatoms. The predicted octanol–water partition coefficient (Wildman–Crippen LogP) is 4.34. The monoisotopic (exact) mass is 393 g/mol. The van der Waals surface area contributed by atoms with Gasteiger partial charge in [-0.1, -0.05) is 51.4 Å². The van der Waals surface area contributed by atoms with Crippen molar-refractivity contribution in [2.24, 2.45) is 17.3 Å². The zero-order chi connectivity index (χ0) is 20.4. The first-order valence-corrected chi connectivity index (χ1v) is 9.72. The Labute approximate surface area is 165 Å². The number of nitrogens with zero attached hydrogens (tertiary/aromatic N) is 1. The largest absolute Gasteiger partial charge is 0.481 e. The summed E-state index contributed by atoms with van der Waals surface area (Å²) in [5.41, 5.74) is -0.0290. The van der Waals surface area contributed by atoms with Gasteiger partial charge in [-0.3, -0.25) is 9.59 Å². The van der Waals surface area contributed by atoms with Gasteiger partial charge in [0.1, 0.15) is 6.29 Å². The molecular weight excluding hydrogens is 366 g/mol. The lowest BCUT2D eigenvalue weighted by molar-refractivity contribution is -0.164. The number of amides is 1. The molecule has 1 aromatic rings. The van der Waals surface area contributed by atoms with Crippen molar-refractivity contribution in [1.82, 2.24) is 4.90 Å². The minimum atomic E-state index is -0.987. The van der Waals surface area contributed by atoms with E-state index in [2.05, 4.69) is 0 Å². The highest BCUT2D eigenvalue weighted by molar-refractivity contribution is 6.30. The third kappa shape index (κ3) is 4.52. The topological polar surface area (TPSA) is 74.7 Å². The van der Waals surface area contributed by atoms with Crippen LogP contribution in [0.25, 0.3) is 0 Å². The number of piperidine rings is 1. The number of aliphatic carboxylic acids is 1. The number of benzene rings is 1. The lowest BCUT2D eigenvalue weighted by atomic mass is 9.69. The summed E-state index contributed by atoms with van der Waals surface area (Å²) in [7, 11) is 0. The third-order valence-corrected chi connectivity index (χ3v) is 5.83. The van der Waals surface area contributed by atoms with Crippen molar-refractivity contribution >= 4 is 29.8 Å².